The lowest BCUT2D eigenvalue weighted by Crippen LogP contribution is -2.35. The first-order valence-electron chi connectivity index (χ1n) is 12.8. The van der Waals surface area contributed by atoms with Crippen LogP contribution in [0.25, 0.3) is 0 Å². The standard InChI is InChI=1S/C27H35ClN6O4S/c1-18(35)16-29-21-9-7-8-19-15-22(13-12-20(19)14-21)34(38-4)27-30-17-23(28)26(32-27)31-24-10-5-6-11-25(24)39(36,37)33(2)3/h5-6,10-13,15,17-18,21,29,35H,7-9,14,16H2,1-4H3,(H,30,31,32)/t18-,21?/m1/s1. The number of benzene rings is 2. The maximum atomic E-state index is 12.8. The molecule has 0 fully saturated rings. The second-order valence-electron chi connectivity index (χ2n) is 9.76. The van der Waals surface area contributed by atoms with Crippen molar-refractivity contribution in [3.63, 3.8) is 0 Å². The molecule has 2 aromatic carbocycles. The van der Waals surface area contributed by atoms with Crippen LogP contribution in [0, 0.1) is 0 Å². The molecule has 0 saturated heterocycles. The number of aliphatic hydroxyl groups is 1. The summed E-state index contributed by atoms with van der Waals surface area (Å²) in [5, 5.41) is 17.9. The Bertz CT molecular complexity index is 1400. The molecule has 10 nitrogen and oxygen atoms in total. The molecule has 0 bridgehead atoms. The topological polar surface area (TPSA) is 120 Å². The molecule has 0 spiro atoms. The third kappa shape index (κ3) is 6.86. The first-order chi connectivity index (χ1) is 18.6. The number of sulfonamides is 1. The van der Waals surface area contributed by atoms with Crippen LogP contribution < -0.4 is 15.7 Å². The van der Waals surface area contributed by atoms with E-state index in [1.54, 1.807) is 25.1 Å². The zero-order valence-electron chi connectivity index (χ0n) is 22.6. The second-order valence-corrected chi connectivity index (χ2v) is 12.3. The molecule has 0 aliphatic heterocycles. The summed E-state index contributed by atoms with van der Waals surface area (Å²) in [6.07, 6.45) is 4.94. The quantitative estimate of drug-likeness (QED) is 0.243. The first-order valence-corrected chi connectivity index (χ1v) is 14.6. The third-order valence-corrected chi connectivity index (χ3v) is 8.74. The van der Waals surface area contributed by atoms with Crippen LogP contribution in [-0.4, -0.2) is 67.7 Å². The highest BCUT2D eigenvalue weighted by molar-refractivity contribution is 7.89. The van der Waals surface area contributed by atoms with Gasteiger partial charge in [0.1, 0.15) is 9.92 Å². The number of aliphatic hydroxyl groups excluding tert-OH is 1. The number of nitrogens with one attached hydrogen (secondary N) is 2. The van der Waals surface area contributed by atoms with Gasteiger partial charge >= 0.3 is 0 Å². The number of rotatable bonds is 10. The maximum Gasteiger partial charge on any atom is 0.256 e. The van der Waals surface area contributed by atoms with Gasteiger partial charge in [0.25, 0.3) is 5.95 Å². The van der Waals surface area contributed by atoms with E-state index in [1.807, 2.05) is 6.07 Å². The Labute approximate surface area is 235 Å². The Morgan fingerprint density at radius 3 is 2.69 bits per heavy atom. The molecule has 4 rings (SSSR count). The van der Waals surface area contributed by atoms with Crippen LogP contribution in [0.1, 0.15) is 30.9 Å². The number of hydrogen-bond donors (Lipinski definition) is 3. The fourth-order valence-corrected chi connectivity index (χ4v) is 5.73. The Morgan fingerprint density at radius 2 is 1.97 bits per heavy atom. The van der Waals surface area contributed by atoms with Gasteiger partial charge in [0.15, 0.2) is 5.82 Å². The largest absolute Gasteiger partial charge is 0.392 e. The number of hydrogen-bond acceptors (Lipinski definition) is 9. The summed E-state index contributed by atoms with van der Waals surface area (Å²) in [5.74, 6) is 0.481. The van der Waals surface area contributed by atoms with E-state index in [1.165, 1.54) is 49.7 Å². The zero-order valence-corrected chi connectivity index (χ0v) is 24.1. The number of fused-ring (bicyclic) bond motifs is 1. The molecule has 3 aromatic rings. The summed E-state index contributed by atoms with van der Waals surface area (Å²) >= 11 is 6.41. The third-order valence-electron chi connectivity index (χ3n) is 6.59. The molecule has 0 amide bonds. The van der Waals surface area contributed by atoms with E-state index < -0.39 is 10.0 Å². The monoisotopic (exact) mass is 574 g/mol. The summed E-state index contributed by atoms with van der Waals surface area (Å²) in [6.45, 7) is 2.36. The summed E-state index contributed by atoms with van der Waals surface area (Å²) in [4.78, 5) is 14.7. The number of halogens is 1. The van der Waals surface area contributed by atoms with Crippen LogP contribution in [0.2, 0.25) is 5.02 Å². The van der Waals surface area contributed by atoms with E-state index in [2.05, 4.69) is 32.7 Å². The van der Waals surface area contributed by atoms with Crippen LogP contribution in [-0.2, 0) is 27.7 Å². The lowest BCUT2D eigenvalue weighted by atomic mass is 10.0. The first kappa shape index (κ1) is 29.2. The normalized spacial score (nSPS) is 16.4. The van der Waals surface area contributed by atoms with Crippen molar-refractivity contribution in [1.29, 1.82) is 0 Å². The molecule has 1 aliphatic carbocycles. The highest BCUT2D eigenvalue weighted by Crippen LogP contribution is 2.33. The van der Waals surface area contributed by atoms with Crippen LogP contribution in [0.3, 0.4) is 0 Å². The van der Waals surface area contributed by atoms with Crippen LogP contribution in [0.4, 0.5) is 23.1 Å². The number of nitrogens with zero attached hydrogens (tertiary/aromatic N) is 4. The van der Waals surface area contributed by atoms with Gasteiger partial charge in [-0.3, -0.25) is 4.84 Å². The van der Waals surface area contributed by atoms with Crippen molar-refractivity contribution < 1.29 is 18.4 Å². The van der Waals surface area contributed by atoms with Crippen molar-refractivity contribution in [2.75, 3.05) is 38.1 Å². The van der Waals surface area contributed by atoms with Crippen molar-refractivity contribution >= 4 is 44.8 Å². The molecule has 1 aliphatic rings. The highest BCUT2D eigenvalue weighted by atomic mass is 35.5. The summed E-state index contributed by atoms with van der Waals surface area (Å²) in [7, 11) is 0.782. The fraction of sp³-hybridized carbons (Fsp3) is 0.407. The molecule has 3 N–H and O–H groups in total. The van der Waals surface area contributed by atoms with Gasteiger partial charge in [-0.1, -0.05) is 29.8 Å². The Balaban J connectivity index is 1.61. The van der Waals surface area contributed by atoms with Crippen molar-refractivity contribution in [1.82, 2.24) is 19.6 Å². The van der Waals surface area contributed by atoms with E-state index in [0.29, 0.717) is 18.3 Å². The van der Waals surface area contributed by atoms with Gasteiger partial charge in [-0.15, -0.1) is 0 Å². The van der Waals surface area contributed by atoms with E-state index >= 15 is 0 Å². The number of para-hydroxylation sites is 1. The molecule has 0 radical (unpaired) electrons. The van der Waals surface area contributed by atoms with E-state index in [9.17, 15) is 13.5 Å². The minimum Gasteiger partial charge on any atom is -0.392 e. The van der Waals surface area contributed by atoms with Crippen molar-refractivity contribution in [3.05, 3.63) is 64.8 Å². The Kier molecular flexibility index (Phi) is 9.42. The average molecular weight is 575 g/mol. The van der Waals surface area contributed by atoms with Crippen molar-refractivity contribution in [3.8, 4) is 0 Å². The van der Waals surface area contributed by atoms with Crippen molar-refractivity contribution in [2.45, 2.75) is 49.6 Å². The van der Waals surface area contributed by atoms with Crippen LogP contribution >= 0.6 is 11.6 Å². The lowest BCUT2D eigenvalue weighted by Gasteiger charge is -2.22. The van der Waals surface area contributed by atoms with Gasteiger partial charge < -0.3 is 15.7 Å². The van der Waals surface area contributed by atoms with Gasteiger partial charge in [-0.2, -0.15) is 10.0 Å². The van der Waals surface area contributed by atoms with Gasteiger partial charge in [-0.05, 0) is 68.0 Å². The lowest BCUT2D eigenvalue weighted by molar-refractivity contribution is 0.185. The maximum absolute atomic E-state index is 12.8. The smallest absolute Gasteiger partial charge is 0.256 e. The van der Waals surface area contributed by atoms with Crippen LogP contribution in [0.5, 0.6) is 0 Å². The molecular formula is C27H35ClN6O4S. The van der Waals surface area contributed by atoms with Crippen molar-refractivity contribution in [2.24, 2.45) is 0 Å². The number of aryl methyl sites for hydroxylation is 1. The number of anilines is 4. The predicted molar refractivity (Wildman–Crippen MR) is 153 cm³/mol. The van der Waals surface area contributed by atoms with Gasteiger partial charge in [-0.25, -0.2) is 17.7 Å². The Morgan fingerprint density at radius 1 is 1.21 bits per heavy atom. The fourth-order valence-electron chi connectivity index (χ4n) is 4.55. The van der Waals surface area contributed by atoms with E-state index in [-0.39, 0.29) is 27.8 Å². The molecule has 0 saturated carbocycles. The summed E-state index contributed by atoms with van der Waals surface area (Å²) in [5.41, 5.74) is 3.58. The van der Waals surface area contributed by atoms with Crippen LogP contribution in [0.15, 0.2) is 53.6 Å². The van der Waals surface area contributed by atoms with Gasteiger partial charge in [0.2, 0.25) is 10.0 Å². The minimum absolute atomic E-state index is 0.0989. The SMILES string of the molecule is CON(c1ccc2c(c1)CCCC(NC[C@@H](C)O)C2)c1ncc(Cl)c(Nc2ccccc2S(=O)(=O)N(C)C)n1. The van der Waals surface area contributed by atoms with E-state index in [4.69, 9.17) is 16.4 Å². The molecule has 1 heterocycles. The second kappa shape index (κ2) is 12.6. The minimum atomic E-state index is -3.71. The van der Waals surface area contributed by atoms with Gasteiger partial charge in [0.05, 0.1) is 30.8 Å². The summed E-state index contributed by atoms with van der Waals surface area (Å²) in [6, 6.07) is 13.0. The van der Waals surface area contributed by atoms with E-state index in [0.717, 1.165) is 35.7 Å². The zero-order chi connectivity index (χ0) is 28.2. The number of aromatic nitrogens is 2. The molecule has 12 heteroatoms. The summed E-state index contributed by atoms with van der Waals surface area (Å²) < 4.78 is 26.8. The molecule has 1 aromatic heterocycles. The Hall–Kier alpha value is -2.80. The highest BCUT2D eigenvalue weighted by Gasteiger charge is 2.23. The molecule has 210 valence electrons. The molecule has 2 atom stereocenters. The molecule has 39 heavy (non-hydrogen) atoms. The predicted octanol–water partition coefficient (Wildman–Crippen LogP) is 4.04. The average Bonchev–Trinajstić information content (AvgIpc) is 3.11. The molecular weight excluding hydrogens is 540 g/mol. The van der Waals surface area contributed by atoms with Gasteiger partial charge in [0, 0.05) is 26.7 Å². The molecule has 1 unspecified atom stereocenters.